The molecule has 0 N–H and O–H groups in total. The lowest BCUT2D eigenvalue weighted by molar-refractivity contribution is -0.154. The van der Waals surface area contributed by atoms with Crippen LogP contribution in [0.4, 0.5) is 5.82 Å². The standard InChI is InChI=1S/C17H21N5O3S/c1-12-10-26-15-13(12)14(18-11-19-15)20-2-4-21(5-3-20)16(23)17(24)22-6-8-25-9-7-22/h10-11H,2-9H2,1H3. The van der Waals surface area contributed by atoms with Gasteiger partial charge in [0.1, 0.15) is 17.0 Å². The van der Waals surface area contributed by atoms with Crippen molar-refractivity contribution in [2.24, 2.45) is 0 Å². The van der Waals surface area contributed by atoms with Gasteiger partial charge in [-0.25, -0.2) is 9.97 Å². The first-order valence-electron chi connectivity index (χ1n) is 8.75. The van der Waals surface area contributed by atoms with Gasteiger partial charge in [-0.15, -0.1) is 11.3 Å². The maximum atomic E-state index is 12.5. The molecule has 2 fully saturated rings. The van der Waals surface area contributed by atoms with Crippen molar-refractivity contribution in [3.05, 3.63) is 17.3 Å². The van der Waals surface area contributed by atoms with Crippen molar-refractivity contribution in [3.63, 3.8) is 0 Å². The molecule has 2 aliphatic heterocycles. The molecule has 0 unspecified atom stereocenters. The monoisotopic (exact) mass is 375 g/mol. The van der Waals surface area contributed by atoms with E-state index in [4.69, 9.17) is 4.74 Å². The van der Waals surface area contributed by atoms with E-state index in [2.05, 4.69) is 27.2 Å². The van der Waals surface area contributed by atoms with Crippen molar-refractivity contribution < 1.29 is 14.3 Å². The van der Waals surface area contributed by atoms with E-state index in [-0.39, 0.29) is 0 Å². The minimum Gasteiger partial charge on any atom is -0.378 e. The first kappa shape index (κ1) is 17.2. The molecule has 2 aromatic heterocycles. The van der Waals surface area contributed by atoms with E-state index in [1.807, 2.05) is 0 Å². The number of fused-ring (bicyclic) bond motifs is 1. The van der Waals surface area contributed by atoms with Crippen molar-refractivity contribution in [2.75, 3.05) is 57.4 Å². The molecule has 0 bridgehead atoms. The molecule has 8 nitrogen and oxygen atoms in total. The minimum absolute atomic E-state index is 0.411. The Kier molecular flexibility index (Phi) is 4.73. The van der Waals surface area contributed by atoms with Crippen LogP contribution in [0.1, 0.15) is 5.56 Å². The van der Waals surface area contributed by atoms with E-state index in [0.29, 0.717) is 52.5 Å². The van der Waals surface area contributed by atoms with Gasteiger partial charge in [-0.3, -0.25) is 9.59 Å². The fourth-order valence-electron chi connectivity index (χ4n) is 3.40. The number of amides is 2. The summed E-state index contributed by atoms with van der Waals surface area (Å²) in [6.45, 7) is 6.38. The second-order valence-corrected chi connectivity index (χ2v) is 7.34. The third kappa shape index (κ3) is 3.12. The molecule has 4 heterocycles. The Labute approximate surface area is 155 Å². The molecule has 2 aliphatic rings. The maximum absolute atomic E-state index is 12.5. The smallest absolute Gasteiger partial charge is 0.312 e. The number of hydrogen-bond acceptors (Lipinski definition) is 7. The van der Waals surface area contributed by atoms with E-state index in [9.17, 15) is 9.59 Å². The predicted octanol–water partition coefficient (Wildman–Crippen LogP) is 0.507. The maximum Gasteiger partial charge on any atom is 0.312 e. The van der Waals surface area contributed by atoms with Crippen LogP contribution in [0.15, 0.2) is 11.7 Å². The third-order valence-corrected chi connectivity index (χ3v) is 5.89. The summed E-state index contributed by atoms with van der Waals surface area (Å²) in [5, 5.41) is 3.17. The molecule has 0 saturated carbocycles. The number of anilines is 1. The first-order valence-corrected chi connectivity index (χ1v) is 9.63. The highest BCUT2D eigenvalue weighted by molar-refractivity contribution is 7.17. The number of carbonyl (C=O) groups is 2. The van der Waals surface area contributed by atoms with Crippen LogP contribution in [0.3, 0.4) is 0 Å². The second-order valence-electron chi connectivity index (χ2n) is 6.48. The van der Waals surface area contributed by atoms with Gasteiger partial charge in [-0.2, -0.15) is 0 Å². The van der Waals surface area contributed by atoms with Gasteiger partial charge in [0.2, 0.25) is 0 Å². The number of piperazine rings is 1. The number of hydrogen-bond donors (Lipinski definition) is 0. The summed E-state index contributed by atoms with van der Waals surface area (Å²) in [7, 11) is 0. The Balaban J connectivity index is 1.43. The molecule has 0 aromatic carbocycles. The number of aryl methyl sites for hydroxylation is 1. The fraction of sp³-hybridized carbons (Fsp3) is 0.529. The summed E-state index contributed by atoms with van der Waals surface area (Å²) < 4.78 is 5.24. The molecule has 0 radical (unpaired) electrons. The summed E-state index contributed by atoms with van der Waals surface area (Å²) in [5.41, 5.74) is 1.17. The highest BCUT2D eigenvalue weighted by Gasteiger charge is 2.31. The highest BCUT2D eigenvalue weighted by atomic mass is 32.1. The summed E-state index contributed by atoms with van der Waals surface area (Å²) >= 11 is 1.61. The molecule has 0 spiro atoms. The van der Waals surface area contributed by atoms with Gasteiger partial charge in [0.05, 0.1) is 18.6 Å². The van der Waals surface area contributed by atoms with E-state index in [1.54, 1.807) is 27.5 Å². The highest BCUT2D eigenvalue weighted by Crippen LogP contribution is 2.31. The molecule has 0 atom stereocenters. The van der Waals surface area contributed by atoms with Gasteiger partial charge in [0, 0.05) is 39.3 Å². The number of aromatic nitrogens is 2. The quantitative estimate of drug-likeness (QED) is 0.676. The van der Waals surface area contributed by atoms with Crippen molar-refractivity contribution >= 4 is 39.2 Å². The number of thiophene rings is 1. The SMILES string of the molecule is Cc1csc2ncnc(N3CCN(C(=O)C(=O)N4CCOCC4)CC3)c12. The van der Waals surface area contributed by atoms with E-state index < -0.39 is 11.8 Å². The van der Waals surface area contributed by atoms with Crippen LogP contribution < -0.4 is 4.90 Å². The molecule has 0 aliphatic carbocycles. The molecular formula is C17H21N5O3S. The Morgan fingerprint density at radius 1 is 1.00 bits per heavy atom. The number of carbonyl (C=O) groups excluding carboxylic acids is 2. The van der Waals surface area contributed by atoms with E-state index in [0.717, 1.165) is 16.0 Å². The Morgan fingerprint density at radius 3 is 2.35 bits per heavy atom. The van der Waals surface area contributed by atoms with Crippen LogP contribution >= 0.6 is 11.3 Å². The average Bonchev–Trinajstić information content (AvgIpc) is 3.09. The van der Waals surface area contributed by atoms with Crippen molar-refractivity contribution in [3.8, 4) is 0 Å². The number of nitrogens with zero attached hydrogens (tertiary/aromatic N) is 5. The lowest BCUT2D eigenvalue weighted by Gasteiger charge is -2.36. The fourth-order valence-corrected chi connectivity index (χ4v) is 4.28. The van der Waals surface area contributed by atoms with Gasteiger partial charge >= 0.3 is 11.8 Å². The molecule has 9 heteroatoms. The Bertz CT molecular complexity index is 825. The minimum atomic E-state index is -0.417. The Morgan fingerprint density at radius 2 is 1.65 bits per heavy atom. The molecule has 4 rings (SSSR count). The lowest BCUT2D eigenvalue weighted by atomic mass is 10.2. The number of rotatable bonds is 1. The topological polar surface area (TPSA) is 78.9 Å². The van der Waals surface area contributed by atoms with Crippen LogP contribution in [0, 0.1) is 6.92 Å². The largest absolute Gasteiger partial charge is 0.378 e. The Hall–Kier alpha value is -2.26. The average molecular weight is 375 g/mol. The molecule has 2 amide bonds. The summed E-state index contributed by atoms with van der Waals surface area (Å²) in [4.78, 5) is 40.1. The summed E-state index contributed by atoms with van der Waals surface area (Å²) in [6.07, 6.45) is 1.59. The summed E-state index contributed by atoms with van der Waals surface area (Å²) in [5.74, 6) is 0.0892. The molecule has 2 saturated heterocycles. The van der Waals surface area contributed by atoms with Crippen LogP contribution in [0.5, 0.6) is 0 Å². The first-order chi connectivity index (χ1) is 12.6. The normalized spacial score (nSPS) is 18.4. The van der Waals surface area contributed by atoms with Gasteiger partial charge in [0.25, 0.3) is 0 Å². The third-order valence-electron chi connectivity index (χ3n) is 4.88. The molecule has 138 valence electrons. The van der Waals surface area contributed by atoms with Crippen LogP contribution in [-0.2, 0) is 14.3 Å². The zero-order valence-electron chi connectivity index (χ0n) is 14.7. The van der Waals surface area contributed by atoms with E-state index in [1.165, 1.54) is 5.56 Å². The number of ether oxygens (including phenoxy) is 1. The van der Waals surface area contributed by atoms with Crippen molar-refractivity contribution in [2.45, 2.75) is 6.92 Å². The van der Waals surface area contributed by atoms with Gasteiger partial charge < -0.3 is 19.4 Å². The van der Waals surface area contributed by atoms with Crippen LogP contribution in [-0.4, -0.2) is 84.1 Å². The zero-order chi connectivity index (χ0) is 18.1. The molecular weight excluding hydrogens is 354 g/mol. The van der Waals surface area contributed by atoms with Crippen LogP contribution in [0.25, 0.3) is 10.2 Å². The van der Waals surface area contributed by atoms with Crippen molar-refractivity contribution in [1.82, 2.24) is 19.8 Å². The zero-order valence-corrected chi connectivity index (χ0v) is 15.5. The lowest BCUT2D eigenvalue weighted by Crippen LogP contribution is -2.54. The number of morpholine rings is 1. The molecule has 2 aromatic rings. The predicted molar refractivity (Wildman–Crippen MR) is 98.3 cm³/mol. The van der Waals surface area contributed by atoms with Gasteiger partial charge in [0.15, 0.2) is 0 Å². The van der Waals surface area contributed by atoms with Gasteiger partial charge in [-0.05, 0) is 17.9 Å². The van der Waals surface area contributed by atoms with E-state index >= 15 is 0 Å². The van der Waals surface area contributed by atoms with Crippen LogP contribution in [0.2, 0.25) is 0 Å². The van der Waals surface area contributed by atoms with Gasteiger partial charge in [-0.1, -0.05) is 0 Å². The molecule has 26 heavy (non-hydrogen) atoms. The second kappa shape index (κ2) is 7.16. The van der Waals surface area contributed by atoms with Crippen molar-refractivity contribution in [1.29, 1.82) is 0 Å². The summed E-state index contributed by atoms with van der Waals surface area (Å²) in [6, 6.07) is 0.